The van der Waals surface area contributed by atoms with Crippen LogP contribution in [0.25, 0.3) is 0 Å². The number of aliphatic hydroxyl groups is 1. The van der Waals surface area contributed by atoms with Crippen molar-refractivity contribution in [1.82, 2.24) is 10.3 Å². The minimum atomic E-state index is -1.25. The number of nitriles is 1. The summed E-state index contributed by atoms with van der Waals surface area (Å²) in [4.78, 5) is 4.44. The van der Waals surface area contributed by atoms with Crippen molar-refractivity contribution in [3.63, 3.8) is 0 Å². The Morgan fingerprint density at radius 1 is 1.24 bits per heavy atom. The van der Waals surface area contributed by atoms with Crippen molar-refractivity contribution in [2.45, 2.75) is 25.8 Å². The molecule has 4 rings (SSSR count). The van der Waals surface area contributed by atoms with E-state index in [-0.39, 0.29) is 24.5 Å². The molecule has 1 aliphatic rings. The molecule has 0 fully saturated rings. The maximum Gasteiger partial charge on any atom is 0.177 e. The standard InChI is InChI=1S/C25H25FN4O4/c1-4-33-22-9-15(2)13-28-24(22)30-16-5-6-21-18(10-16)25(7-8-31,29-14-27)19-11-17(32-3)12-20(26)23(19)34-21/h5-6,9-13,29,31H,4,7-8H2,1-3H3,(H,28,30). The van der Waals surface area contributed by atoms with E-state index >= 15 is 0 Å². The number of pyridine rings is 1. The van der Waals surface area contributed by atoms with Gasteiger partial charge in [0, 0.05) is 42.1 Å². The largest absolute Gasteiger partial charge is 0.497 e. The highest BCUT2D eigenvalue weighted by molar-refractivity contribution is 5.68. The molecule has 0 radical (unpaired) electrons. The van der Waals surface area contributed by atoms with Crippen LogP contribution in [-0.4, -0.2) is 30.4 Å². The lowest BCUT2D eigenvalue weighted by molar-refractivity contribution is 0.232. The third kappa shape index (κ3) is 4.04. The Morgan fingerprint density at radius 2 is 2.06 bits per heavy atom. The number of aryl methyl sites for hydroxylation is 1. The summed E-state index contributed by atoms with van der Waals surface area (Å²) >= 11 is 0. The van der Waals surface area contributed by atoms with Crippen LogP contribution in [0.3, 0.4) is 0 Å². The van der Waals surface area contributed by atoms with Crippen LogP contribution < -0.4 is 24.8 Å². The van der Waals surface area contributed by atoms with E-state index in [1.54, 1.807) is 30.5 Å². The molecule has 1 atom stereocenters. The van der Waals surface area contributed by atoms with Gasteiger partial charge in [0.1, 0.15) is 17.0 Å². The molecule has 0 bridgehead atoms. The maximum absolute atomic E-state index is 14.9. The summed E-state index contributed by atoms with van der Waals surface area (Å²) in [5.74, 6) is 1.10. The minimum Gasteiger partial charge on any atom is -0.497 e. The van der Waals surface area contributed by atoms with Crippen LogP contribution in [0.15, 0.2) is 42.6 Å². The predicted octanol–water partition coefficient (Wildman–Crippen LogP) is 4.48. The molecule has 8 nitrogen and oxygen atoms in total. The van der Waals surface area contributed by atoms with Crippen LogP contribution in [-0.2, 0) is 5.54 Å². The van der Waals surface area contributed by atoms with Crippen LogP contribution in [0.1, 0.15) is 30.0 Å². The molecule has 0 saturated heterocycles. The summed E-state index contributed by atoms with van der Waals surface area (Å²) in [6.07, 6.45) is 3.79. The topological polar surface area (TPSA) is 109 Å². The highest BCUT2D eigenvalue weighted by atomic mass is 19.1. The Morgan fingerprint density at radius 3 is 2.76 bits per heavy atom. The number of aliphatic hydroxyl groups excluding tert-OH is 1. The zero-order valence-electron chi connectivity index (χ0n) is 19.1. The lowest BCUT2D eigenvalue weighted by Gasteiger charge is -2.39. The number of nitrogens with zero attached hydrogens (tertiary/aromatic N) is 2. The molecule has 34 heavy (non-hydrogen) atoms. The fourth-order valence-electron chi connectivity index (χ4n) is 4.16. The lowest BCUT2D eigenvalue weighted by atomic mass is 9.77. The van der Waals surface area contributed by atoms with E-state index in [0.717, 1.165) is 5.56 Å². The molecule has 176 valence electrons. The van der Waals surface area contributed by atoms with Crippen molar-refractivity contribution in [3.8, 4) is 29.2 Å². The van der Waals surface area contributed by atoms with Crippen molar-refractivity contribution in [2.75, 3.05) is 25.6 Å². The number of hydrogen-bond acceptors (Lipinski definition) is 8. The molecule has 1 unspecified atom stereocenters. The molecule has 3 N–H and O–H groups in total. The summed E-state index contributed by atoms with van der Waals surface area (Å²) in [5, 5.41) is 25.6. The molecular weight excluding hydrogens is 439 g/mol. The van der Waals surface area contributed by atoms with Crippen molar-refractivity contribution in [3.05, 3.63) is 65.1 Å². The molecule has 2 heterocycles. The third-order valence-electron chi connectivity index (χ3n) is 5.67. The van der Waals surface area contributed by atoms with E-state index in [1.807, 2.05) is 26.1 Å². The molecule has 0 aliphatic carbocycles. The molecule has 9 heteroatoms. The third-order valence-corrected chi connectivity index (χ3v) is 5.67. The second-order valence-corrected chi connectivity index (χ2v) is 7.83. The first-order valence-corrected chi connectivity index (χ1v) is 10.8. The number of halogens is 1. The average molecular weight is 464 g/mol. The molecule has 0 amide bonds. The Labute approximate surface area is 196 Å². The Balaban J connectivity index is 1.85. The Kier molecular flexibility index (Phi) is 6.43. The first-order valence-electron chi connectivity index (χ1n) is 10.8. The van der Waals surface area contributed by atoms with E-state index in [4.69, 9.17) is 14.2 Å². The number of benzene rings is 2. The number of ether oxygens (including phenoxy) is 3. The normalized spacial score (nSPS) is 15.9. The number of nitrogens with one attached hydrogen (secondary N) is 2. The zero-order chi connectivity index (χ0) is 24.3. The van der Waals surface area contributed by atoms with Gasteiger partial charge in [0.15, 0.2) is 29.3 Å². The fourth-order valence-corrected chi connectivity index (χ4v) is 4.16. The first-order chi connectivity index (χ1) is 16.4. The van der Waals surface area contributed by atoms with Gasteiger partial charge in [-0.05, 0) is 49.7 Å². The molecule has 0 saturated carbocycles. The summed E-state index contributed by atoms with van der Waals surface area (Å²) in [5.41, 5.74) is 1.27. The predicted molar refractivity (Wildman–Crippen MR) is 124 cm³/mol. The number of aromatic nitrogens is 1. The smallest absolute Gasteiger partial charge is 0.177 e. The van der Waals surface area contributed by atoms with Crippen molar-refractivity contribution in [1.29, 1.82) is 5.26 Å². The van der Waals surface area contributed by atoms with Crippen LogP contribution in [0.4, 0.5) is 15.9 Å². The van der Waals surface area contributed by atoms with Crippen LogP contribution in [0, 0.1) is 24.2 Å². The van der Waals surface area contributed by atoms with E-state index in [2.05, 4.69) is 15.6 Å². The van der Waals surface area contributed by atoms with Gasteiger partial charge < -0.3 is 30.0 Å². The first kappa shape index (κ1) is 23.1. The number of fused-ring (bicyclic) bond motifs is 2. The van der Waals surface area contributed by atoms with Gasteiger partial charge in [-0.25, -0.2) is 9.37 Å². The Hall–Kier alpha value is -4.03. The van der Waals surface area contributed by atoms with E-state index in [0.29, 0.717) is 40.7 Å². The van der Waals surface area contributed by atoms with E-state index in [1.165, 1.54) is 13.2 Å². The average Bonchev–Trinajstić information content (AvgIpc) is 2.82. The van der Waals surface area contributed by atoms with Crippen LogP contribution >= 0.6 is 0 Å². The number of anilines is 2. The van der Waals surface area contributed by atoms with Crippen molar-refractivity contribution < 1.29 is 23.7 Å². The zero-order valence-corrected chi connectivity index (χ0v) is 19.1. The second kappa shape index (κ2) is 9.45. The second-order valence-electron chi connectivity index (χ2n) is 7.83. The summed E-state index contributed by atoms with van der Waals surface area (Å²) in [6, 6.07) is 9.94. The molecule has 0 spiro atoms. The van der Waals surface area contributed by atoms with Gasteiger partial charge in [-0.3, -0.25) is 0 Å². The van der Waals surface area contributed by atoms with Crippen molar-refractivity contribution in [2.24, 2.45) is 0 Å². The van der Waals surface area contributed by atoms with Gasteiger partial charge in [-0.2, -0.15) is 5.26 Å². The SMILES string of the molecule is CCOc1cc(C)cnc1Nc1ccc2c(c1)C(CCO)(NC#N)c1cc(OC)cc(F)c1O2. The number of methoxy groups -OCH3 is 1. The maximum atomic E-state index is 14.9. The van der Waals surface area contributed by atoms with Gasteiger partial charge >= 0.3 is 0 Å². The highest BCUT2D eigenvalue weighted by Crippen LogP contribution is 2.51. The molecule has 2 aromatic carbocycles. The van der Waals surface area contributed by atoms with Crippen LogP contribution in [0.2, 0.25) is 0 Å². The Bertz CT molecular complexity index is 1260. The monoisotopic (exact) mass is 464 g/mol. The molecular formula is C25H25FN4O4. The van der Waals surface area contributed by atoms with Gasteiger partial charge in [0.05, 0.1) is 13.7 Å². The summed E-state index contributed by atoms with van der Waals surface area (Å²) in [7, 11) is 1.43. The molecule has 1 aromatic heterocycles. The van der Waals surface area contributed by atoms with Gasteiger partial charge in [-0.15, -0.1) is 0 Å². The van der Waals surface area contributed by atoms with Crippen LogP contribution in [0.5, 0.6) is 23.0 Å². The van der Waals surface area contributed by atoms with Gasteiger partial charge in [-0.1, -0.05) is 0 Å². The highest BCUT2D eigenvalue weighted by Gasteiger charge is 2.44. The van der Waals surface area contributed by atoms with Gasteiger partial charge in [0.25, 0.3) is 0 Å². The number of hydrogen-bond donors (Lipinski definition) is 3. The number of rotatable bonds is 8. The summed E-state index contributed by atoms with van der Waals surface area (Å²) < 4.78 is 31.8. The fraction of sp³-hybridized carbons (Fsp3) is 0.280. The van der Waals surface area contributed by atoms with Gasteiger partial charge in [0.2, 0.25) is 0 Å². The minimum absolute atomic E-state index is 0.0240. The molecule has 1 aliphatic heterocycles. The molecule has 3 aromatic rings. The van der Waals surface area contributed by atoms with E-state index < -0.39 is 11.4 Å². The quantitative estimate of drug-likeness (QED) is 0.331. The van der Waals surface area contributed by atoms with E-state index in [9.17, 15) is 14.8 Å². The van der Waals surface area contributed by atoms with Crippen molar-refractivity contribution >= 4 is 11.5 Å². The lowest BCUT2D eigenvalue weighted by Crippen LogP contribution is -2.44. The summed E-state index contributed by atoms with van der Waals surface area (Å²) in [6.45, 7) is 4.03.